The molecular formula is C10H21NO6P2. The summed E-state index contributed by atoms with van der Waals surface area (Å²) in [7, 11) is -9.91. The number of hydrogen-bond acceptors (Lipinski definition) is 3. The minimum Gasteiger partial charge on any atom is -0.330 e. The molecular weight excluding hydrogens is 292 g/mol. The number of nitrogens with two attached hydrogens (primary N) is 1. The van der Waals surface area contributed by atoms with Crippen molar-refractivity contribution in [3.05, 3.63) is 0 Å². The smallest absolute Gasteiger partial charge is 0.330 e. The van der Waals surface area contributed by atoms with Crippen LogP contribution in [0.3, 0.4) is 0 Å². The van der Waals surface area contributed by atoms with Gasteiger partial charge in [0.1, 0.15) is 0 Å². The molecule has 0 bridgehead atoms. The highest BCUT2D eigenvalue weighted by molar-refractivity contribution is 7.72. The molecule has 0 aromatic rings. The van der Waals surface area contributed by atoms with Crippen molar-refractivity contribution >= 4 is 15.2 Å². The summed E-state index contributed by atoms with van der Waals surface area (Å²) in [5, 5.41) is 0. The van der Waals surface area contributed by atoms with E-state index in [1.165, 1.54) is 0 Å². The maximum absolute atomic E-state index is 11.9. The van der Waals surface area contributed by atoms with E-state index in [4.69, 9.17) is 5.73 Å². The van der Waals surface area contributed by atoms with E-state index in [0.717, 1.165) is 25.7 Å². The maximum atomic E-state index is 11.9. The molecule has 3 atom stereocenters. The SMILES string of the molecule is NCC1C2CCCCC2CC1(P(=O)(O)O)P(=O)(O)O. The molecule has 0 radical (unpaired) electrons. The Kier molecular flexibility index (Phi) is 4.05. The molecule has 7 nitrogen and oxygen atoms in total. The van der Waals surface area contributed by atoms with Gasteiger partial charge in [0.25, 0.3) is 0 Å². The first-order chi connectivity index (χ1) is 8.65. The van der Waals surface area contributed by atoms with Gasteiger partial charge in [-0.15, -0.1) is 0 Å². The summed E-state index contributed by atoms with van der Waals surface area (Å²) < 4.78 is 23.7. The summed E-state index contributed by atoms with van der Waals surface area (Å²) in [6.07, 6.45) is 3.26. The highest BCUT2D eigenvalue weighted by Crippen LogP contribution is 2.79. The average Bonchev–Trinajstić information content (AvgIpc) is 2.62. The van der Waals surface area contributed by atoms with Crippen molar-refractivity contribution in [1.82, 2.24) is 0 Å². The van der Waals surface area contributed by atoms with Crippen molar-refractivity contribution in [2.24, 2.45) is 23.5 Å². The van der Waals surface area contributed by atoms with Gasteiger partial charge < -0.3 is 25.3 Å². The summed E-state index contributed by atoms with van der Waals surface area (Å²) in [6.45, 7) is -0.0998. The van der Waals surface area contributed by atoms with Crippen LogP contribution in [0.1, 0.15) is 32.1 Å². The molecule has 0 amide bonds. The van der Waals surface area contributed by atoms with Gasteiger partial charge >= 0.3 is 15.2 Å². The molecule has 0 saturated heterocycles. The molecule has 112 valence electrons. The number of hydrogen-bond donors (Lipinski definition) is 5. The molecule has 2 aliphatic rings. The summed E-state index contributed by atoms with van der Waals surface area (Å²) >= 11 is 0. The Hall–Kier alpha value is 0.260. The van der Waals surface area contributed by atoms with Crippen molar-refractivity contribution in [2.75, 3.05) is 6.54 Å². The maximum Gasteiger partial charge on any atom is 0.344 e. The van der Waals surface area contributed by atoms with Crippen molar-refractivity contribution in [3.8, 4) is 0 Å². The first-order valence-electron chi connectivity index (χ1n) is 6.46. The van der Waals surface area contributed by atoms with E-state index in [0.29, 0.717) is 0 Å². The Morgan fingerprint density at radius 1 is 1.05 bits per heavy atom. The third kappa shape index (κ3) is 2.26. The Morgan fingerprint density at radius 3 is 2.05 bits per heavy atom. The molecule has 0 aromatic carbocycles. The average molecular weight is 313 g/mol. The fraction of sp³-hybridized carbons (Fsp3) is 1.00. The van der Waals surface area contributed by atoms with Crippen LogP contribution in [0.2, 0.25) is 0 Å². The summed E-state index contributed by atoms with van der Waals surface area (Å²) in [5.74, 6) is -0.930. The standard InChI is InChI=1S/C10H21NO6P2/c11-6-9-8-4-2-1-3-7(8)5-10(9,18(12,13)14)19(15,16)17/h7-9H,1-6,11H2,(H2,12,13,14)(H2,15,16,17). The van der Waals surface area contributed by atoms with Gasteiger partial charge in [0.2, 0.25) is 0 Å². The monoisotopic (exact) mass is 313 g/mol. The van der Waals surface area contributed by atoms with Gasteiger partial charge in [-0.3, -0.25) is 9.13 Å². The van der Waals surface area contributed by atoms with Crippen LogP contribution in [0.15, 0.2) is 0 Å². The molecule has 0 aromatic heterocycles. The molecule has 2 saturated carbocycles. The number of fused-ring (bicyclic) bond motifs is 1. The minimum absolute atomic E-state index is 0.0393. The van der Waals surface area contributed by atoms with Crippen LogP contribution in [-0.2, 0) is 9.13 Å². The second kappa shape index (κ2) is 4.92. The van der Waals surface area contributed by atoms with Gasteiger partial charge in [-0.2, -0.15) is 0 Å². The topological polar surface area (TPSA) is 141 Å². The van der Waals surface area contributed by atoms with E-state index < -0.39 is 26.0 Å². The number of rotatable bonds is 3. The van der Waals surface area contributed by atoms with Gasteiger partial charge in [0.05, 0.1) is 0 Å². The van der Waals surface area contributed by atoms with E-state index in [1.807, 2.05) is 0 Å². The normalized spacial score (nSPS) is 35.1. The largest absolute Gasteiger partial charge is 0.344 e. The lowest BCUT2D eigenvalue weighted by Crippen LogP contribution is -2.40. The lowest BCUT2D eigenvalue weighted by atomic mass is 9.78. The van der Waals surface area contributed by atoms with Crippen LogP contribution in [0, 0.1) is 17.8 Å². The van der Waals surface area contributed by atoms with Gasteiger partial charge in [0.15, 0.2) is 4.90 Å². The fourth-order valence-corrected chi connectivity index (χ4v) is 7.86. The summed E-state index contributed by atoms with van der Waals surface area (Å²) in [4.78, 5) is 36.2. The van der Waals surface area contributed by atoms with Gasteiger partial charge in [-0.1, -0.05) is 19.3 Å². The van der Waals surface area contributed by atoms with Crippen molar-refractivity contribution in [1.29, 1.82) is 0 Å². The van der Waals surface area contributed by atoms with Crippen molar-refractivity contribution in [3.63, 3.8) is 0 Å². The molecule has 2 aliphatic carbocycles. The first-order valence-corrected chi connectivity index (χ1v) is 9.69. The molecule has 0 heterocycles. The minimum atomic E-state index is -4.95. The quantitative estimate of drug-likeness (QED) is 0.486. The van der Waals surface area contributed by atoms with Crippen molar-refractivity contribution < 1.29 is 28.7 Å². The predicted octanol–water partition coefficient (Wildman–Crippen LogP) is 0.823. The zero-order valence-corrected chi connectivity index (χ0v) is 12.3. The van der Waals surface area contributed by atoms with E-state index in [2.05, 4.69) is 0 Å². The van der Waals surface area contributed by atoms with Gasteiger partial charge in [-0.25, -0.2) is 0 Å². The Labute approximate surface area is 111 Å². The zero-order chi connectivity index (χ0) is 14.5. The van der Waals surface area contributed by atoms with Crippen LogP contribution in [0.4, 0.5) is 0 Å². The van der Waals surface area contributed by atoms with Crippen LogP contribution < -0.4 is 5.73 Å². The summed E-state index contributed by atoms with van der Waals surface area (Å²) in [5.41, 5.74) is 5.62. The third-order valence-corrected chi connectivity index (χ3v) is 9.51. The predicted molar refractivity (Wildman–Crippen MR) is 69.4 cm³/mol. The molecule has 0 spiro atoms. The third-order valence-electron chi connectivity index (χ3n) is 4.90. The Bertz CT molecular complexity index is 421. The summed E-state index contributed by atoms with van der Waals surface area (Å²) in [6, 6.07) is 0. The van der Waals surface area contributed by atoms with Crippen LogP contribution >= 0.6 is 15.2 Å². The van der Waals surface area contributed by atoms with Crippen LogP contribution in [0.25, 0.3) is 0 Å². The fourth-order valence-electron chi connectivity index (χ4n) is 4.10. The first kappa shape index (κ1) is 15.6. The highest BCUT2D eigenvalue weighted by Gasteiger charge is 2.70. The lowest BCUT2D eigenvalue weighted by molar-refractivity contribution is 0.221. The second-order valence-electron chi connectivity index (χ2n) is 5.72. The Morgan fingerprint density at radius 2 is 1.58 bits per heavy atom. The molecule has 3 unspecified atom stereocenters. The molecule has 2 rings (SSSR count). The van der Waals surface area contributed by atoms with E-state index in [9.17, 15) is 28.7 Å². The van der Waals surface area contributed by atoms with Gasteiger partial charge in [0, 0.05) is 5.92 Å². The molecule has 19 heavy (non-hydrogen) atoms. The van der Waals surface area contributed by atoms with E-state index >= 15 is 0 Å². The van der Waals surface area contributed by atoms with Crippen LogP contribution in [0.5, 0.6) is 0 Å². The van der Waals surface area contributed by atoms with Crippen molar-refractivity contribution in [2.45, 2.75) is 37.0 Å². The lowest BCUT2D eigenvalue weighted by Gasteiger charge is -2.37. The van der Waals surface area contributed by atoms with Crippen LogP contribution in [-0.4, -0.2) is 31.0 Å². The second-order valence-corrected chi connectivity index (χ2v) is 9.85. The zero-order valence-electron chi connectivity index (χ0n) is 10.6. The van der Waals surface area contributed by atoms with Gasteiger partial charge in [-0.05, 0) is 31.2 Å². The van der Waals surface area contributed by atoms with E-state index in [-0.39, 0.29) is 24.8 Å². The Balaban J connectivity index is 2.54. The molecule has 2 fully saturated rings. The van der Waals surface area contributed by atoms with E-state index in [1.54, 1.807) is 0 Å². The molecule has 9 heteroatoms. The highest BCUT2D eigenvalue weighted by atomic mass is 31.2. The molecule has 0 aliphatic heterocycles. The molecule has 6 N–H and O–H groups in total.